The van der Waals surface area contributed by atoms with Crippen LogP contribution in [0, 0.1) is 6.92 Å². The van der Waals surface area contributed by atoms with Crippen molar-refractivity contribution in [3.8, 4) is 0 Å². The van der Waals surface area contributed by atoms with E-state index >= 15 is 0 Å². The van der Waals surface area contributed by atoms with Crippen molar-refractivity contribution in [2.75, 3.05) is 26.2 Å². The lowest BCUT2D eigenvalue weighted by Gasteiger charge is -2.22. The smallest absolute Gasteiger partial charge is 0.337 e. The summed E-state index contributed by atoms with van der Waals surface area (Å²) in [6, 6.07) is 12.1. The maximum absolute atomic E-state index is 13.1. The van der Waals surface area contributed by atoms with Gasteiger partial charge in [0.2, 0.25) is 20.0 Å². The molecular weight excluding hydrogens is 416 g/mol. The molecule has 0 aliphatic carbocycles. The Labute approximate surface area is 170 Å². The Balaban J connectivity index is 1.87. The molecule has 156 valence electrons. The van der Waals surface area contributed by atoms with Gasteiger partial charge in [-0.25, -0.2) is 21.6 Å². The lowest BCUT2D eigenvalue weighted by molar-refractivity contribution is 0.0692. The summed E-state index contributed by atoms with van der Waals surface area (Å²) in [5.74, 6) is -1.32. The van der Waals surface area contributed by atoms with Crippen molar-refractivity contribution in [1.82, 2.24) is 8.61 Å². The Morgan fingerprint density at radius 2 is 1.45 bits per heavy atom. The average Bonchev–Trinajstić information content (AvgIpc) is 2.95. The summed E-state index contributed by atoms with van der Waals surface area (Å²) in [6.45, 7) is 1.91. The topological polar surface area (TPSA) is 112 Å². The van der Waals surface area contributed by atoms with Crippen molar-refractivity contribution in [3.05, 3.63) is 59.7 Å². The minimum absolute atomic E-state index is 0.00920. The lowest BCUT2D eigenvalue weighted by Crippen LogP contribution is -2.37. The minimum Gasteiger partial charge on any atom is -0.478 e. The molecule has 8 nitrogen and oxygen atoms in total. The number of aryl methyl sites for hydroxylation is 1. The van der Waals surface area contributed by atoms with Crippen LogP contribution >= 0.6 is 0 Å². The van der Waals surface area contributed by atoms with Gasteiger partial charge in [0.05, 0.1) is 15.4 Å². The molecule has 29 heavy (non-hydrogen) atoms. The fraction of sp³-hybridized carbons (Fsp3) is 0.316. The molecule has 1 N–H and O–H groups in total. The van der Waals surface area contributed by atoms with Crippen LogP contribution in [0.1, 0.15) is 22.3 Å². The van der Waals surface area contributed by atoms with Gasteiger partial charge in [0, 0.05) is 26.2 Å². The zero-order valence-corrected chi connectivity index (χ0v) is 17.5. The second kappa shape index (κ2) is 8.23. The number of rotatable bonds is 5. The first-order chi connectivity index (χ1) is 13.6. The van der Waals surface area contributed by atoms with Crippen LogP contribution in [0.4, 0.5) is 0 Å². The molecule has 1 fully saturated rings. The van der Waals surface area contributed by atoms with Crippen LogP contribution < -0.4 is 0 Å². The van der Waals surface area contributed by atoms with Gasteiger partial charge in [-0.2, -0.15) is 8.61 Å². The molecule has 1 heterocycles. The summed E-state index contributed by atoms with van der Waals surface area (Å²) < 4.78 is 54.3. The number of carbonyl (C=O) groups is 1. The number of carboxylic acid groups (broad SMARTS) is 1. The van der Waals surface area contributed by atoms with Gasteiger partial charge >= 0.3 is 5.97 Å². The van der Waals surface area contributed by atoms with Gasteiger partial charge in [0.1, 0.15) is 0 Å². The Bertz CT molecular complexity index is 1110. The number of nitrogens with zero attached hydrogens (tertiary/aromatic N) is 2. The molecule has 0 bridgehead atoms. The first kappa shape index (κ1) is 21.4. The molecule has 2 aromatic rings. The van der Waals surface area contributed by atoms with Gasteiger partial charge in [0.25, 0.3) is 0 Å². The maximum Gasteiger partial charge on any atom is 0.337 e. The van der Waals surface area contributed by atoms with Crippen LogP contribution in [0.3, 0.4) is 0 Å². The maximum atomic E-state index is 13.1. The van der Waals surface area contributed by atoms with Gasteiger partial charge in [-0.05, 0) is 37.6 Å². The van der Waals surface area contributed by atoms with E-state index in [1.165, 1.54) is 28.6 Å². The summed E-state index contributed by atoms with van der Waals surface area (Å²) in [5.41, 5.74) is 0.348. The van der Waals surface area contributed by atoms with E-state index in [4.69, 9.17) is 0 Å². The van der Waals surface area contributed by atoms with Crippen molar-refractivity contribution in [2.45, 2.75) is 23.1 Å². The predicted molar refractivity (Wildman–Crippen MR) is 107 cm³/mol. The quantitative estimate of drug-likeness (QED) is 0.762. The van der Waals surface area contributed by atoms with Crippen LogP contribution in [0.2, 0.25) is 0 Å². The zero-order chi connectivity index (χ0) is 21.2. The molecule has 1 aliphatic rings. The molecule has 3 rings (SSSR count). The summed E-state index contributed by atoms with van der Waals surface area (Å²) in [4.78, 5) is 11.4. The molecule has 1 aliphatic heterocycles. The summed E-state index contributed by atoms with van der Waals surface area (Å²) >= 11 is 0. The van der Waals surface area contributed by atoms with Crippen molar-refractivity contribution in [2.24, 2.45) is 0 Å². The Kier molecular flexibility index (Phi) is 6.08. The normalized spacial score (nSPS) is 17.0. The van der Waals surface area contributed by atoms with Gasteiger partial charge in [-0.15, -0.1) is 0 Å². The van der Waals surface area contributed by atoms with Crippen LogP contribution in [0.25, 0.3) is 0 Å². The predicted octanol–water partition coefficient (Wildman–Crippen LogP) is 1.78. The molecule has 1 saturated heterocycles. The highest BCUT2D eigenvalue weighted by Gasteiger charge is 2.33. The zero-order valence-electron chi connectivity index (χ0n) is 15.9. The standard InChI is InChI=1S/C19H22N2O6S2/c1-15-8-9-18(17(14-15)19(22)23)29(26,27)21-11-5-10-20(12-13-21)28(24,25)16-6-3-2-4-7-16/h2-4,6-9,14H,5,10-13H2,1H3,(H,22,23). The third-order valence-corrected chi connectivity index (χ3v) is 8.65. The third kappa shape index (κ3) is 4.35. The molecule has 2 aromatic carbocycles. The van der Waals surface area contributed by atoms with E-state index in [0.29, 0.717) is 12.0 Å². The second-order valence-electron chi connectivity index (χ2n) is 6.78. The van der Waals surface area contributed by atoms with Crippen molar-refractivity contribution < 1.29 is 26.7 Å². The lowest BCUT2D eigenvalue weighted by atomic mass is 10.1. The van der Waals surface area contributed by atoms with Gasteiger partial charge < -0.3 is 5.11 Å². The van der Waals surface area contributed by atoms with E-state index in [0.717, 1.165) is 4.31 Å². The van der Waals surface area contributed by atoms with E-state index in [2.05, 4.69) is 0 Å². The number of aromatic carboxylic acids is 1. The molecule has 0 aromatic heterocycles. The number of sulfonamides is 2. The fourth-order valence-electron chi connectivity index (χ4n) is 3.27. The number of carboxylic acids is 1. The molecular formula is C19H22N2O6S2. The van der Waals surface area contributed by atoms with E-state index in [-0.39, 0.29) is 41.5 Å². The first-order valence-corrected chi connectivity index (χ1v) is 11.9. The molecule has 0 spiro atoms. The molecule has 0 atom stereocenters. The molecule has 0 saturated carbocycles. The van der Waals surface area contributed by atoms with Gasteiger partial charge in [-0.1, -0.05) is 29.8 Å². The Morgan fingerprint density at radius 1 is 0.862 bits per heavy atom. The van der Waals surface area contributed by atoms with Crippen LogP contribution in [-0.4, -0.2) is 62.7 Å². The summed E-state index contributed by atoms with van der Waals surface area (Å²) in [6.07, 6.45) is 0.305. The number of hydrogen-bond donors (Lipinski definition) is 1. The van der Waals surface area contributed by atoms with Crippen LogP contribution in [0.5, 0.6) is 0 Å². The van der Waals surface area contributed by atoms with E-state index in [1.807, 2.05) is 0 Å². The van der Waals surface area contributed by atoms with Crippen LogP contribution in [0.15, 0.2) is 58.3 Å². The van der Waals surface area contributed by atoms with Gasteiger partial charge in [0.15, 0.2) is 0 Å². The minimum atomic E-state index is -4.08. The monoisotopic (exact) mass is 438 g/mol. The van der Waals surface area contributed by atoms with Crippen molar-refractivity contribution in [3.63, 3.8) is 0 Å². The number of hydrogen-bond acceptors (Lipinski definition) is 5. The highest BCUT2D eigenvalue weighted by Crippen LogP contribution is 2.24. The third-order valence-electron chi connectivity index (χ3n) is 4.78. The highest BCUT2D eigenvalue weighted by atomic mass is 32.2. The van der Waals surface area contributed by atoms with E-state index < -0.39 is 26.0 Å². The van der Waals surface area contributed by atoms with Gasteiger partial charge in [-0.3, -0.25) is 0 Å². The summed E-state index contributed by atoms with van der Waals surface area (Å²) in [5, 5.41) is 9.41. The van der Waals surface area contributed by atoms with E-state index in [9.17, 15) is 26.7 Å². The first-order valence-electron chi connectivity index (χ1n) is 9.03. The number of benzene rings is 2. The van der Waals surface area contributed by atoms with Crippen molar-refractivity contribution >= 4 is 26.0 Å². The molecule has 0 amide bonds. The second-order valence-corrected chi connectivity index (χ2v) is 10.6. The largest absolute Gasteiger partial charge is 0.478 e. The summed E-state index contributed by atoms with van der Waals surface area (Å²) in [7, 11) is -7.81. The Morgan fingerprint density at radius 3 is 2.03 bits per heavy atom. The average molecular weight is 439 g/mol. The van der Waals surface area contributed by atoms with Crippen molar-refractivity contribution in [1.29, 1.82) is 0 Å². The molecule has 10 heteroatoms. The van der Waals surface area contributed by atoms with E-state index in [1.54, 1.807) is 31.2 Å². The fourth-order valence-corrected chi connectivity index (χ4v) is 6.39. The molecule has 0 radical (unpaired) electrons. The van der Waals surface area contributed by atoms with Crippen LogP contribution in [-0.2, 0) is 20.0 Å². The molecule has 0 unspecified atom stereocenters. The highest BCUT2D eigenvalue weighted by molar-refractivity contribution is 7.89. The SMILES string of the molecule is Cc1ccc(S(=O)(=O)N2CCCN(S(=O)(=O)c3ccccc3)CC2)c(C(=O)O)c1. The Hall–Kier alpha value is -2.27.